The van der Waals surface area contributed by atoms with E-state index < -0.39 is 0 Å². The Labute approximate surface area is 142 Å². The molecule has 5 nitrogen and oxygen atoms in total. The molecule has 0 saturated heterocycles. The number of aldehydes is 1. The van der Waals surface area contributed by atoms with Gasteiger partial charge in [-0.1, -0.05) is 35.5 Å². The largest absolute Gasteiger partial charge is 0.497 e. The molecule has 0 spiro atoms. The lowest BCUT2D eigenvalue weighted by Crippen LogP contribution is -2.05. The second-order valence-electron chi connectivity index (χ2n) is 4.85. The van der Waals surface area contributed by atoms with Crippen LogP contribution in [0.3, 0.4) is 0 Å². The summed E-state index contributed by atoms with van der Waals surface area (Å²) in [5.41, 5.74) is 2.09. The summed E-state index contributed by atoms with van der Waals surface area (Å²) in [6.07, 6.45) is 4.32. The Hall–Kier alpha value is -2.05. The zero-order chi connectivity index (χ0) is 16.4. The van der Waals surface area contributed by atoms with E-state index in [2.05, 4.69) is 9.97 Å². The molecule has 118 valence electrons. The molecule has 0 radical (unpaired) electrons. The van der Waals surface area contributed by atoms with Crippen LogP contribution in [0.5, 0.6) is 5.75 Å². The highest BCUT2D eigenvalue weighted by Crippen LogP contribution is 2.30. The number of rotatable bonds is 5. The smallest absolute Gasteiger partial charge is 0.189 e. The van der Waals surface area contributed by atoms with Gasteiger partial charge in [-0.3, -0.25) is 4.79 Å². The number of ether oxygens (including phenoxy) is 1. The van der Waals surface area contributed by atoms with Crippen molar-refractivity contribution in [1.29, 1.82) is 0 Å². The van der Waals surface area contributed by atoms with Crippen molar-refractivity contribution < 1.29 is 9.53 Å². The first-order valence-corrected chi connectivity index (χ1v) is 8.45. The van der Waals surface area contributed by atoms with Gasteiger partial charge in [0.25, 0.3) is 0 Å². The number of aromatic nitrogens is 3. The number of carbonyl (C=O) groups is 1. The van der Waals surface area contributed by atoms with E-state index in [4.69, 9.17) is 16.3 Å². The zero-order valence-electron chi connectivity index (χ0n) is 12.6. The van der Waals surface area contributed by atoms with Crippen LogP contribution in [-0.4, -0.2) is 34.2 Å². The average molecular weight is 348 g/mol. The fraction of sp³-hybridized carbons (Fsp3) is 0.188. The maximum Gasteiger partial charge on any atom is 0.189 e. The van der Waals surface area contributed by atoms with Crippen LogP contribution in [0.2, 0.25) is 5.02 Å². The number of fused-ring (bicyclic) bond motifs is 1. The number of hydrogen-bond acceptors (Lipinski definition) is 5. The van der Waals surface area contributed by atoms with Gasteiger partial charge in [-0.2, -0.15) is 0 Å². The van der Waals surface area contributed by atoms with Crippen LogP contribution in [0.1, 0.15) is 16.1 Å². The molecular weight excluding hydrogens is 334 g/mol. The standard InChI is InChI=1S/C16H14ClN3O2S/c1-22-11-5-3-10(4-6-11)8-20-13(9-21)14(17)12-7-18-16(23-2)19-15(12)20/h3-7,9H,8H2,1-2H3. The zero-order valence-corrected chi connectivity index (χ0v) is 14.2. The Kier molecular flexibility index (Phi) is 4.54. The molecule has 0 atom stereocenters. The summed E-state index contributed by atoms with van der Waals surface area (Å²) in [7, 11) is 1.62. The highest BCUT2D eigenvalue weighted by Gasteiger charge is 2.17. The van der Waals surface area contributed by atoms with Crippen LogP contribution in [0.4, 0.5) is 0 Å². The third-order valence-corrected chi connectivity index (χ3v) is 4.51. The number of thioether (sulfide) groups is 1. The van der Waals surface area contributed by atoms with Gasteiger partial charge in [0.05, 0.1) is 17.5 Å². The summed E-state index contributed by atoms with van der Waals surface area (Å²) in [6.45, 7) is 0.492. The van der Waals surface area contributed by atoms with Crippen LogP contribution in [0, 0.1) is 0 Å². The molecular formula is C16H14ClN3O2S. The van der Waals surface area contributed by atoms with E-state index in [1.807, 2.05) is 35.1 Å². The van der Waals surface area contributed by atoms with Crippen molar-refractivity contribution in [2.24, 2.45) is 0 Å². The predicted molar refractivity (Wildman–Crippen MR) is 91.8 cm³/mol. The lowest BCUT2D eigenvalue weighted by atomic mass is 10.2. The van der Waals surface area contributed by atoms with Gasteiger partial charge < -0.3 is 9.30 Å². The van der Waals surface area contributed by atoms with Gasteiger partial charge in [-0.25, -0.2) is 9.97 Å². The van der Waals surface area contributed by atoms with Crippen molar-refractivity contribution in [1.82, 2.24) is 14.5 Å². The van der Waals surface area contributed by atoms with Gasteiger partial charge in [0, 0.05) is 12.7 Å². The quantitative estimate of drug-likeness (QED) is 0.400. The normalized spacial score (nSPS) is 10.9. The van der Waals surface area contributed by atoms with E-state index in [1.165, 1.54) is 11.8 Å². The predicted octanol–water partition coefficient (Wildman–Crippen LogP) is 3.68. The van der Waals surface area contributed by atoms with Crippen LogP contribution in [0.15, 0.2) is 35.6 Å². The Morgan fingerprint density at radius 3 is 2.70 bits per heavy atom. The second kappa shape index (κ2) is 6.60. The van der Waals surface area contributed by atoms with Crippen molar-refractivity contribution in [2.75, 3.05) is 13.4 Å². The molecule has 1 aromatic carbocycles. The van der Waals surface area contributed by atoms with Crippen LogP contribution < -0.4 is 4.74 Å². The summed E-state index contributed by atoms with van der Waals surface area (Å²) in [5, 5.41) is 1.70. The minimum Gasteiger partial charge on any atom is -0.497 e. The van der Waals surface area contributed by atoms with Crippen molar-refractivity contribution in [3.8, 4) is 5.75 Å². The number of benzene rings is 1. The van der Waals surface area contributed by atoms with Crippen LogP contribution >= 0.6 is 23.4 Å². The van der Waals surface area contributed by atoms with Crippen LogP contribution in [-0.2, 0) is 6.54 Å². The topological polar surface area (TPSA) is 57.0 Å². The first-order valence-electron chi connectivity index (χ1n) is 6.84. The number of hydrogen-bond donors (Lipinski definition) is 0. The highest BCUT2D eigenvalue weighted by atomic mass is 35.5. The number of nitrogens with zero attached hydrogens (tertiary/aromatic N) is 3. The molecule has 0 amide bonds. The molecule has 0 unspecified atom stereocenters. The lowest BCUT2D eigenvalue weighted by Gasteiger charge is -2.08. The van der Waals surface area contributed by atoms with E-state index in [0.717, 1.165) is 17.6 Å². The SMILES string of the molecule is COc1ccc(Cn2c(C=O)c(Cl)c3cnc(SC)nc32)cc1. The highest BCUT2D eigenvalue weighted by molar-refractivity contribution is 7.98. The lowest BCUT2D eigenvalue weighted by molar-refractivity contribution is 0.111. The van der Waals surface area contributed by atoms with Gasteiger partial charge in [-0.15, -0.1) is 0 Å². The molecule has 3 aromatic rings. The van der Waals surface area contributed by atoms with E-state index in [9.17, 15) is 4.79 Å². The Morgan fingerprint density at radius 2 is 2.09 bits per heavy atom. The fourth-order valence-corrected chi connectivity index (χ4v) is 2.99. The second-order valence-corrected chi connectivity index (χ2v) is 6.00. The molecule has 0 bridgehead atoms. The van der Waals surface area contributed by atoms with Gasteiger partial charge >= 0.3 is 0 Å². The van der Waals surface area contributed by atoms with E-state index >= 15 is 0 Å². The number of methoxy groups -OCH3 is 1. The molecule has 0 aliphatic carbocycles. The van der Waals surface area contributed by atoms with Crippen molar-refractivity contribution >= 4 is 40.7 Å². The Balaban J connectivity index is 2.11. The summed E-state index contributed by atoms with van der Waals surface area (Å²) in [5.74, 6) is 0.784. The molecule has 0 aliphatic rings. The molecule has 2 heterocycles. The van der Waals surface area contributed by atoms with Gasteiger partial charge in [0.15, 0.2) is 11.4 Å². The molecule has 23 heavy (non-hydrogen) atoms. The number of carbonyl (C=O) groups excluding carboxylic acids is 1. The van der Waals surface area contributed by atoms with Crippen molar-refractivity contribution in [3.05, 3.63) is 46.7 Å². The van der Waals surface area contributed by atoms with Gasteiger partial charge in [0.1, 0.15) is 17.1 Å². The van der Waals surface area contributed by atoms with Crippen LogP contribution in [0.25, 0.3) is 11.0 Å². The molecule has 0 saturated carbocycles. The first-order chi connectivity index (χ1) is 11.2. The summed E-state index contributed by atoms with van der Waals surface area (Å²) >= 11 is 7.76. The number of halogens is 1. The molecule has 0 fully saturated rings. The van der Waals surface area contributed by atoms with Gasteiger partial charge in [0.2, 0.25) is 0 Å². The third kappa shape index (κ3) is 2.92. The first kappa shape index (κ1) is 15.8. The summed E-state index contributed by atoms with van der Waals surface area (Å²) in [6, 6.07) is 7.66. The van der Waals surface area contributed by atoms with E-state index in [1.54, 1.807) is 13.3 Å². The maximum atomic E-state index is 11.5. The van der Waals surface area contributed by atoms with E-state index in [0.29, 0.717) is 33.5 Å². The monoisotopic (exact) mass is 347 g/mol. The maximum absolute atomic E-state index is 11.5. The fourth-order valence-electron chi connectivity index (χ4n) is 2.38. The average Bonchev–Trinajstić information content (AvgIpc) is 2.86. The molecule has 2 aromatic heterocycles. The van der Waals surface area contributed by atoms with Crippen molar-refractivity contribution in [3.63, 3.8) is 0 Å². The summed E-state index contributed by atoms with van der Waals surface area (Å²) in [4.78, 5) is 20.2. The van der Waals surface area contributed by atoms with Crippen molar-refractivity contribution in [2.45, 2.75) is 11.7 Å². The third-order valence-electron chi connectivity index (χ3n) is 3.55. The summed E-state index contributed by atoms with van der Waals surface area (Å²) < 4.78 is 6.97. The Bertz CT molecular complexity index is 862. The van der Waals surface area contributed by atoms with E-state index in [-0.39, 0.29) is 0 Å². The Morgan fingerprint density at radius 1 is 1.35 bits per heavy atom. The minimum atomic E-state index is 0.385. The molecule has 0 aliphatic heterocycles. The molecule has 7 heteroatoms. The molecule has 0 N–H and O–H groups in total. The van der Waals surface area contributed by atoms with Gasteiger partial charge in [-0.05, 0) is 24.0 Å². The minimum absolute atomic E-state index is 0.385. The molecule has 3 rings (SSSR count).